The van der Waals surface area contributed by atoms with Crippen LogP contribution in [0, 0.1) is 6.92 Å². The van der Waals surface area contributed by atoms with Crippen molar-refractivity contribution in [2.75, 3.05) is 26.2 Å². The van der Waals surface area contributed by atoms with E-state index in [0.717, 1.165) is 31.7 Å². The Morgan fingerprint density at radius 3 is 2.43 bits per heavy atom. The van der Waals surface area contributed by atoms with E-state index in [-0.39, 0.29) is 11.6 Å². The van der Waals surface area contributed by atoms with Crippen LogP contribution in [0.4, 0.5) is 4.79 Å². The molecule has 0 aromatic heterocycles. The Kier molecular flexibility index (Phi) is 4.88. The van der Waals surface area contributed by atoms with Crippen LogP contribution < -0.4 is 5.32 Å². The van der Waals surface area contributed by atoms with Gasteiger partial charge >= 0.3 is 6.03 Å². The maximum absolute atomic E-state index is 12.2. The molecule has 1 N–H and O–H groups in total. The van der Waals surface area contributed by atoms with Gasteiger partial charge in [-0.1, -0.05) is 29.8 Å². The van der Waals surface area contributed by atoms with Gasteiger partial charge in [-0.25, -0.2) is 4.79 Å². The Hall–Kier alpha value is -1.55. The number of amides is 2. The molecule has 1 saturated heterocycles. The quantitative estimate of drug-likeness (QED) is 0.908. The van der Waals surface area contributed by atoms with Crippen LogP contribution in [0.5, 0.6) is 0 Å². The molecule has 2 amide bonds. The second kappa shape index (κ2) is 6.48. The molecule has 1 fully saturated rings. The SMILES string of the molecule is Cc1cccc(CNC(=O)N2CCN(C(C)(C)C)CC2)c1. The molecule has 0 aliphatic carbocycles. The zero-order valence-electron chi connectivity index (χ0n) is 13.6. The normalized spacial score (nSPS) is 16.9. The van der Waals surface area contributed by atoms with Crippen molar-refractivity contribution in [3.8, 4) is 0 Å². The minimum atomic E-state index is 0.0464. The second-order valence-electron chi connectivity index (χ2n) is 6.79. The van der Waals surface area contributed by atoms with E-state index < -0.39 is 0 Å². The van der Waals surface area contributed by atoms with E-state index in [1.54, 1.807) is 0 Å². The highest BCUT2D eigenvalue weighted by Gasteiger charge is 2.27. The van der Waals surface area contributed by atoms with Gasteiger partial charge in [0.05, 0.1) is 0 Å². The molecular formula is C17H27N3O. The highest BCUT2D eigenvalue weighted by atomic mass is 16.2. The minimum absolute atomic E-state index is 0.0464. The molecule has 0 unspecified atom stereocenters. The van der Waals surface area contributed by atoms with Crippen molar-refractivity contribution in [1.82, 2.24) is 15.1 Å². The number of carbonyl (C=O) groups is 1. The van der Waals surface area contributed by atoms with Crippen molar-refractivity contribution in [2.24, 2.45) is 0 Å². The molecule has 0 bridgehead atoms. The van der Waals surface area contributed by atoms with Gasteiger partial charge in [0.2, 0.25) is 0 Å². The van der Waals surface area contributed by atoms with Gasteiger partial charge in [-0.2, -0.15) is 0 Å². The van der Waals surface area contributed by atoms with Crippen LogP contribution in [0.1, 0.15) is 31.9 Å². The number of nitrogens with one attached hydrogen (secondary N) is 1. The summed E-state index contributed by atoms with van der Waals surface area (Å²) in [5, 5.41) is 3.02. The molecule has 0 spiro atoms. The summed E-state index contributed by atoms with van der Waals surface area (Å²) < 4.78 is 0. The van der Waals surface area contributed by atoms with E-state index in [0.29, 0.717) is 6.54 Å². The number of rotatable bonds is 2. The summed E-state index contributed by atoms with van der Waals surface area (Å²) in [5.74, 6) is 0. The first-order valence-corrected chi connectivity index (χ1v) is 7.69. The van der Waals surface area contributed by atoms with Crippen molar-refractivity contribution in [1.29, 1.82) is 0 Å². The lowest BCUT2D eigenvalue weighted by atomic mass is 10.1. The Morgan fingerprint density at radius 2 is 1.86 bits per heavy atom. The summed E-state index contributed by atoms with van der Waals surface area (Å²) in [5.41, 5.74) is 2.56. The zero-order valence-corrected chi connectivity index (χ0v) is 13.6. The Labute approximate surface area is 128 Å². The van der Waals surface area contributed by atoms with E-state index >= 15 is 0 Å². The van der Waals surface area contributed by atoms with Gasteiger partial charge in [0.1, 0.15) is 0 Å². The van der Waals surface area contributed by atoms with Crippen LogP contribution in [0.15, 0.2) is 24.3 Å². The maximum Gasteiger partial charge on any atom is 0.317 e. The summed E-state index contributed by atoms with van der Waals surface area (Å²) >= 11 is 0. The Bertz CT molecular complexity index is 485. The lowest BCUT2D eigenvalue weighted by Crippen LogP contribution is -2.56. The van der Waals surface area contributed by atoms with Crippen molar-refractivity contribution < 1.29 is 4.79 Å². The van der Waals surface area contributed by atoms with E-state index in [1.165, 1.54) is 5.56 Å². The number of aryl methyl sites for hydroxylation is 1. The standard InChI is InChI=1S/C17H27N3O/c1-14-6-5-7-15(12-14)13-18-16(21)19-8-10-20(11-9-19)17(2,3)4/h5-7,12H,8-11,13H2,1-4H3,(H,18,21). The van der Waals surface area contributed by atoms with Crippen molar-refractivity contribution in [2.45, 2.75) is 39.8 Å². The molecule has 4 heteroatoms. The highest BCUT2D eigenvalue weighted by Crippen LogP contribution is 2.15. The summed E-state index contributed by atoms with van der Waals surface area (Å²) in [7, 11) is 0. The van der Waals surface area contributed by atoms with Gasteiger partial charge in [-0.05, 0) is 33.3 Å². The number of benzene rings is 1. The third kappa shape index (κ3) is 4.46. The smallest absolute Gasteiger partial charge is 0.317 e. The van der Waals surface area contributed by atoms with Crippen LogP contribution >= 0.6 is 0 Å². The molecule has 1 aromatic rings. The van der Waals surface area contributed by atoms with Crippen LogP contribution in [0.3, 0.4) is 0 Å². The second-order valence-corrected chi connectivity index (χ2v) is 6.79. The predicted octanol–water partition coefficient (Wildman–Crippen LogP) is 2.62. The van der Waals surface area contributed by atoms with E-state index in [1.807, 2.05) is 17.0 Å². The molecule has 0 radical (unpaired) electrons. The zero-order chi connectivity index (χ0) is 15.5. The van der Waals surface area contributed by atoms with Gasteiger partial charge in [0, 0.05) is 38.3 Å². The van der Waals surface area contributed by atoms with Crippen molar-refractivity contribution in [3.05, 3.63) is 35.4 Å². The highest BCUT2D eigenvalue weighted by molar-refractivity contribution is 5.74. The van der Waals surface area contributed by atoms with Gasteiger partial charge in [-0.3, -0.25) is 4.90 Å². The molecule has 0 atom stereocenters. The number of hydrogen-bond acceptors (Lipinski definition) is 2. The van der Waals surface area contributed by atoms with Crippen LogP contribution in [0.2, 0.25) is 0 Å². The molecular weight excluding hydrogens is 262 g/mol. The molecule has 4 nitrogen and oxygen atoms in total. The predicted molar refractivity (Wildman–Crippen MR) is 86.3 cm³/mol. The maximum atomic E-state index is 12.2. The molecule has 1 aromatic carbocycles. The molecule has 1 heterocycles. The third-order valence-corrected chi connectivity index (χ3v) is 4.04. The van der Waals surface area contributed by atoms with Gasteiger partial charge in [0.15, 0.2) is 0 Å². The lowest BCUT2D eigenvalue weighted by molar-refractivity contribution is 0.0742. The molecule has 0 saturated carbocycles. The molecule has 21 heavy (non-hydrogen) atoms. The largest absolute Gasteiger partial charge is 0.334 e. The van der Waals surface area contributed by atoms with Crippen molar-refractivity contribution >= 4 is 6.03 Å². The third-order valence-electron chi connectivity index (χ3n) is 4.04. The number of hydrogen-bond donors (Lipinski definition) is 1. The summed E-state index contributed by atoms with van der Waals surface area (Å²) in [4.78, 5) is 16.6. The van der Waals surface area contributed by atoms with Crippen molar-refractivity contribution in [3.63, 3.8) is 0 Å². The number of urea groups is 1. The fourth-order valence-electron chi connectivity index (χ4n) is 2.69. The molecule has 1 aliphatic heterocycles. The lowest BCUT2D eigenvalue weighted by Gasteiger charge is -2.42. The number of piperazine rings is 1. The Morgan fingerprint density at radius 1 is 1.19 bits per heavy atom. The fourth-order valence-corrected chi connectivity index (χ4v) is 2.69. The van der Waals surface area contributed by atoms with Crippen LogP contribution in [0.25, 0.3) is 0 Å². The van der Waals surface area contributed by atoms with Crippen LogP contribution in [-0.2, 0) is 6.54 Å². The summed E-state index contributed by atoms with van der Waals surface area (Å²) in [6.45, 7) is 12.8. The van der Waals surface area contributed by atoms with Crippen LogP contribution in [-0.4, -0.2) is 47.5 Å². The Balaban J connectivity index is 1.80. The van der Waals surface area contributed by atoms with Gasteiger partial charge in [-0.15, -0.1) is 0 Å². The van der Waals surface area contributed by atoms with E-state index in [4.69, 9.17) is 0 Å². The first-order valence-electron chi connectivity index (χ1n) is 7.69. The number of nitrogens with zero attached hydrogens (tertiary/aromatic N) is 2. The topological polar surface area (TPSA) is 35.6 Å². The average Bonchev–Trinajstić information content (AvgIpc) is 2.44. The first kappa shape index (κ1) is 15.8. The minimum Gasteiger partial charge on any atom is -0.334 e. The van der Waals surface area contributed by atoms with E-state index in [2.05, 4.69) is 50.0 Å². The van der Waals surface area contributed by atoms with Gasteiger partial charge in [0.25, 0.3) is 0 Å². The number of carbonyl (C=O) groups excluding carboxylic acids is 1. The summed E-state index contributed by atoms with van der Waals surface area (Å²) in [6, 6.07) is 8.29. The van der Waals surface area contributed by atoms with Gasteiger partial charge < -0.3 is 10.2 Å². The first-order chi connectivity index (χ1) is 9.86. The molecule has 116 valence electrons. The average molecular weight is 289 g/mol. The molecule has 2 rings (SSSR count). The molecule has 1 aliphatic rings. The fraction of sp³-hybridized carbons (Fsp3) is 0.588. The summed E-state index contributed by atoms with van der Waals surface area (Å²) in [6.07, 6.45) is 0. The van der Waals surface area contributed by atoms with E-state index in [9.17, 15) is 4.79 Å². The monoisotopic (exact) mass is 289 g/mol.